The standard InChI is InChI=1S/C16H18N4O5S/c1-22-10-6-5-9(7-11(10)23-2)17-15(26)14(21)20-16-18-12(24-3)8-13(19-16)25-4/h5-8H,1-4H3,(H,17,26)(H,18,19,20,21). The minimum absolute atomic E-state index is 0.00246. The first kappa shape index (κ1) is 19.2. The summed E-state index contributed by atoms with van der Waals surface area (Å²) in [5.41, 5.74) is 0.562. The molecule has 0 atom stereocenters. The average molecular weight is 378 g/mol. The highest BCUT2D eigenvalue weighted by Crippen LogP contribution is 2.29. The molecule has 1 aromatic carbocycles. The zero-order valence-electron chi connectivity index (χ0n) is 14.7. The average Bonchev–Trinajstić information content (AvgIpc) is 2.67. The third-order valence-electron chi connectivity index (χ3n) is 3.17. The smallest absolute Gasteiger partial charge is 0.285 e. The van der Waals surface area contributed by atoms with E-state index in [0.29, 0.717) is 17.2 Å². The van der Waals surface area contributed by atoms with E-state index in [2.05, 4.69) is 20.6 Å². The molecule has 1 aromatic heterocycles. The Labute approximate surface area is 155 Å². The summed E-state index contributed by atoms with van der Waals surface area (Å²) >= 11 is 5.11. The molecule has 0 fully saturated rings. The van der Waals surface area contributed by atoms with Crippen molar-refractivity contribution in [3.8, 4) is 23.3 Å². The summed E-state index contributed by atoms with van der Waals surface area (Å²) in [4.78, 5) is 20.2. The second-order valence-corrected chi connectivity index (χ2v) is 5.16. The third kappa shape index (κ3) is 4.70. The predicted octanol–water partition coefficient (Wildman–Crippen LogP) is 1.89. The van der Waals surface area contributed by atoms with Crippen molar-refractivity contribution < 1.29 is 23.7 Å². The lowest BCUT2D eigenvalue weighted by Crippen LogP contribution is -2.28. The molecule has 0 aliphatic rings. The normalized spacial score (nSPS) is 9.85. The van der Waals surface area contributed by atoms with E-state index in [0.717, 1.165) is 0 Å². The Hall–Kier alpha value is -3.14. The van der Waals surface area contributed by atoms with Crippen LogP contribution in [0, 0.1) is 0 Å². The summed E-state index contributed by atoms with van der Waals surface area (Å²) in [6.45, 7) is 0. The summed E-state index contributed by atoms with van der Waals surface area (Å²) in [5, 5.41) is 5.29. The number of carbonyl (C=O) groups excluding carboxylic acids is 1. The van der Waals surface area contributed by atoms with Crippen LogP contribution in [0.1, 0.15) is 0 Å². The minimum Gasteiger partial charge on any atom is -0.493 e. The van der Waals surface area contributed by atoms with Gasteiger partial charge in [-0.2, -0.15) is 9.97 Å². The Balaban J connectivity index is 2.09. The van der Waals surface area contributed by atoms with Crippen LogP contribution in [0.15, 0.2) is 24.3 Å². The number of nitrogens with zero attached hydrogens (tertiary/aromatic N) is 2. The number of anilines is 2. The van der Waals surface area contributed by atoms with Crippen LogP contribution in [0.3, 0.4) is 0 Å². The second-order valence-electron chi connectivity index (χ2n) is 4.75. The van der Waals surface area contributed by atoms with Gasteiger partial charge in [-0.3, -0.25) is 10.1 Å². The molecule has 0 saturated heterocycles. The number of aromatic nitrogens is 2. The van der Waals surface area contributed by atoms with Gasteiger partial charge in [-0.05, 0) is 12.1 Å². The number of thiocarbonyl (C=S) groups is 1. The first-order valence-electron chi connectivity index (χ1n) is 7.32. The molecule has 10 heteroatoms. The van der Waals surface area contributed by atoms with Crippen molar-refractivity contribution in [2.24, 2.45) is 0 Å². The lowest BCUT2D eigenvalue weighted by molar-refractivity contribution is -0.110. The van der Waals surface area contributed by atoms with E-state index in [4.69, 9.17) is 31.2 Å². The first-order valence-corrected chi connectivity index (χ1v) is 7.73. The summed E-state index contributed by atoms with van der Waals surface area (Å²) in [6.07, 6.45) is 0. The molecule has 2 aromatic rings. The number of hydrogen-bond acceptors (Lipinski definition) is 8. The van der Waals surface area contributed by atoms with E-state index in [1.54, 1.807) is 18.2 Å². The van der Waals surface area contributed by atoms with Crippen molar-refractivity contribution in [3.05, 3.63) is 24.3 Å². The topological polar surface area (TPSA) is 104 Å². The van der Waals surface area contributed by atoms with Crippen LogP contribution in [0.2, 0.25) is 0 Å². The first-order chi connectivity index (χ1) is 12.5. The van der Waals surface area contributed by atoms with E-state index < -0.39 is 5.91 Å². The fraction of sp³-hybridized carbons (Fsp3) is 0.250. The van der Waals surface area contributed by atoms with Gasteiger partial charge >= 0.3 is 0 Å². The lowest BCUT2D eigenvalue weighted by atomic mass is 10.2. The van der Waals surface area contributed by atoms with Crippen LogP contribution in [0.5, 0.6) is 23.3 Å². The van der Waals surface area contributed by atoms with Crippen LogP contribution >= 0.6 is 12.2 Å². The summed E-state index contributed by atoms with van der Waals surface area (Å²) in [5.74, 6) is 0.955. The minimum atomic E-state index is -0.593. The summed E-state index contributed by atoms with van der Waals surface area (Å²) < 4.78 is 20.4. The third-order valence-corrected chi connectivity index (χ3v) is 3.46. The molecule has 2 N–H and O–H groups in total. The Kier molecular flexibility index (Phi) is 6.50. The van der Waals surface area contributed by atoms with Gasteiger partial charge < -0.3 is 24.3 Å². The van der Waals surface area contributed by atoms with Crippen LogP contribution in [-0.4, -0.2) is 49.3 Å². The molecule has 0 aliphatic carbocycles. The fourth-order valence-electron chi connectivity index (χ4n) is 1.93. The van der Waals surface area contributed by atoms with Crippen molar-refractivity contribution in [2.45, 2.75) is 0 Å². The van der Waals surface area contributed by atoms with E-state index in [1.165, 1.54) is 34.5 Å². The number of amides is 1. The van der Waals surface area contributed by atoms with Crippen LogP contribution < -0.4 is 29.6 Å². The van der Waals surface area contributed by atoms with E-state index >= 15 is 0 Å². The Morgan fingerprint density at radius 2 is 1.50 bits per heavy atom. The molecule has 138 valence electrons. The molecule has 0 bridgehead atoms. The fourth-order valence-corrected chi connectivity index (χ4v) is 2.10. The molecule has 0 radical (unpaired) electrons. The largest absolute Gasteiger partial charge is 0.493 e. The van der Waals surface area contributed by atoms with Crippen molar-refractivity contribution in [2.75, 3.05) is 39.1 Å². The van der Waals surface area contributed by atoms with Crippen LogP contribution in [0.25, 0.3) is 0 Å². The predicted molar refractivity (Wildman–Crippen MR) is 99.5 cm³/mol. The molecule has 0 unspecified atom stereocenters. The zero-order valence-corrected chi connectivity index (χ0v) is 15.5. The molecular formula is C16H18N4O5S. The second kappa shape index (κ2) is 8.81. The van der Waals surface area contributed by atoms with E-state index in [-0.39, 0.29) is 22.7 Å². The number of ether oxygens (including phenoxy) is 4. The maximum atomic E-state index is 12.3. The van der Waals surface area contributed by atoms with Crippen molar-refractivity contribution in [1.82, 2.24) is 9.97 Å². The maximum absolute atomic E-state index is 12.3. The Bertz CT molecular complexity index is 793. The van der Waals surface area contributed by atoms with Crippen molar-refractivity contribution >= 4 is 34.7 Å². The van der Waals surface area contributed by atoms with Gasteiger partial charge in [-0.1, -0.05) is 12.2 Å². The Morgan fingerprint density at radius 1 is 0.885 bits per heavy atom. The molecule has 0 spiro atoms. The monoisotopic (exact) mass is 378 g/mol. The highest BCUT2D eigenvalue weighted by molar-refractivity contribution is 7.82. The number of carbonyl (C=O) groups is 1. The molecular weight excluding hydrogens is 360 g/mol. The summed E-state index contributed by atoms with van der Waals surface area (Å²) in [6, 6.07) is 6.53. The molecule has 1 heterocycles. The number of benzene rings is 1. The van der Waals surface area contributed by atoms with Gasteiger partial charge in [0.15, 0.2) is 16.5 Å². The van der Waals surface area contributed by atoms with Crippen molar-refractivity contribution in [3.63, 3.8) is 0 Å². The molecule has 2 rings (SSSR count). The van der Waals surface area contributed by atoms with Gasteiger partial charge in [-0.15, -0.1) is 0 Å². The quantitative estimate of drug-likeness (QED) is 0.729. The van der Waals surface area contributed by atoms with Crippen LogP contribution in [0.4, 0.5) is 11.6 Å². The van der Waals surface area contributed by atoms with E-state index in [9.17, 15) is 4.79 Å². The summed E-state index contributed by atoms with van der Waals surface area (Å²) in [7, 11) is 5.93. The molecule has 0 saturated carbocycles. The Morgan fingerprint density at radius 3 is 2.04 bits per heavy atom. The SMILES string of the molecule is COc1cc(OC)nc(NC(=O)C(=S)Nc2ccc(OC)c(OC)c2)n1. The lowest BCUT2D eigenvalue weighted by Gasteiger charge is -2.12. The molecule has 26 heavy (non-hydrogen) atoms. The molecule has 0 aliphatic heterocycles. The maximum Gasteiger partial charge on any atom is 0.285 e. The van der Waals surface area contributed by atoms with Gasteiger partial charge in [0, 0.05) is 11.8 Å². The molecule has 9 nitrogen and oxygen atoms in total. The number of hydrogen-bond donors (Lipinski definition) is 2. The van der Waals surface area contributed by atoms with Crippen molar-refractivity contribution in [1.29, 1.82) is 0 Å². The molecule has 1 amide bonds. The van der Waals surface area contributed by atoms with E-state index in [1.807, 2.05) is 0 Å². The zero-order chi connectivity index (χ0) is 19.1. The van der Waals surface area contributed by atoms with Crippen LogP contribution in [-0.2, 0) is 4.79 Å². The number of nitrogens with one attached hydrogen (secondary N) is 2. The number of methoxy groups -OCH3 is 4. The van der Waals surface area contributed by atoms with Gasteiger partial charge in [0.25, 0.3) is 5.91 Å². The van der Waals surface area contributed by atoms with Gasteiger partial charge in [0.05, 0.1) is 34.5 Å². The highest BCUT2D eigenvalue weighted by atomic mass is 32.1. The number of rotatable bonds is 6. The highest BCUT2D eigenvalue weighted by Gasteiger charge is 2.14. The van der Waals surface area contributed by atoms with Gasteiger partial charge in [-0.25, -0.2) is 0 Å². The van der Waals surface area contributed by atoms with Gasteiger partial charge in [0.2, 0.25) is 17.7 Å². The van der Waals surface area contributed by atoms with Gasteiger partial charge in [0.1, 0.15) is 0 Å².